The van der Waals surface area contributed by atoms with Gasteiger partial charge in [0.05, 0.1) is 21.8 Å². The van der Waals surface area contributed by atoms with Crippen LogP contribution in [0.3, 0.4) is 0 Å². The highest BCUT2D eigenvalue weighted by Gasteiger charge is 2.22. The van der Waals surface area contributed by atoms with Gasteiger partial charge in [-0.1, -0.05) is 12.1 Å². The predicted molar refractivity (Wildman–Crippen MR) is 97.5 cm³/mol. The van der Waals surface area contributed by atoms with Crippen molar-refractivity contribution < 1.29 is 18.7 Å². The summed E-state index contributed by atoms with van der Waals surface area (Å²) < 4.78 is 19.0. The fourth-order valence-electron chi connectivity index (χ4n) is 2.35. The monoisotopic (exact) mass is 372 g/mol. The third-order valence-electron chi connectivity index (χ3n) is 4.05. The molecule has 7 heteroatoms. The molecule has 1 heterocycles. The third kappa shape index (κ3) is 3.88. The van der Waals surface area contributed by atoms with Crippen LogP contribution >= 0.6 is 11.3 Å². The molecule has 0 spiro atoms. The summed E-state index contributed by atoms with van der Waals surface area (Å²) in [5, 5.41) is 0.812. The van der Waals surface area contributed by atoms with Crippen LogP contribution in [0.25, 0.3) is 10.2 Å². The number of thiazole rings is 1. The third-order valence-corrected chi connectivity index (χ3v) is 5.26. The van der Waals surface area contributed by atoms with Crippen LogP contribution in [0.4, 0.5) is 4.39 Å². The minimum atomic E-state index is -0.667. The van der Waals surface area contributed by atoms with E-state index in [1.54, 1.807) is 7.05 Å². The zero-order valence-electron chi connectivity index (χ0n) is 14.3. The van der Waals surface area contributed by atoms with Crippen molar-refractivity contribution in [3.8, 4) is 0 Å². The van der Waals surface area contributed by atoms with Gasteiger partial charge in [-0.25, -0.2) is 14.2 Å². The maximum atomic E-state index is 12.9. The number of nitrogens with zero attached hydrogens (tertiary/aromatic N) is 2. The summed E-state index contributed by atoms with van der Waals surface area (Å²) in [6.07, 6.45) is 0. The Morgan fingerprint density at radius 2 is 1.88 bits per heavy atom. The Balaban J connectivity index is 1.61. The summed E-state index contributed by atoms with van der Waals surface area (Å²) in [4.78, 5) is 30.3. The first-order valence-corrected chi connectivity index (χ1v) is 8.81. The second kappa shape index (κ2) is 7.61. The van der Waals surface area contributed by atoms with Gasteiger partial charge in [-0.05, 0) is 43.3 Å². The number of hydrogen-bond acceptors (Lipinski definition) is 5. The van der Waals surface area contributed by atoms with E-state index in [1.165, 1.54) is 40.5 Å². The first-order chi connectivity index (χ1) is 12.5. The Bertz CT molecular complexity index is 906. The van der Waals surface area contributed by atoms with Crippen molar-refractivity contribution in [3.05, 3.63) is 64.9 Å². The highest BCUT2D eigenvalue weighted by molar-refractivity contribution is 7.18. The standard InChI is InChI=1S/C19H17FN2O3S/c1-12(18-21-15-5-3-4-6-16(15)26-18)22(2)17(23)11-25-19(24)13-7-9-14(20)10-8-13/h3-10,12H,11H2,1-2H3/t12-/m0/s1. The Labute approximate surface area is 154 Å². The molecular formula is C19H17FN2O3S. The molecule has 1 amide bonds. The number of amides is 1. The fraction of sp³-hybridized carbons (Fsp3) is 0.211. The summed E-state index contributed by atoms with van der Waals surface area (Å²) >= 11 is 1.53. The van der Waals surface area contributed by atoms with Crippen molar-refractivity contribution in [3.63, 3.8) is 0 Å². The van der Waals surface area contributed by atoms with Crippen LogP contribution < -0.4 is 0 Å². The molecule has 0 saturated heterocycles. The van der Waals surface area contributed by atoms with Crippen molar-refractivity contribution in [2.45, 2.75) is 13.0 Å². The summed E-state index contributed by atoms with van der Waals surface area (Å²) in [5.41, 5.74) is 1.09. The van der Waals surface area contributed by atoms with E-state index in [9.17, 15) is 14.0 Å². The molecular weight excluding hydrogens is 355 g/mol. The van der Waals surface area contributed by atoms with E-state index in [0.29, 0.717) is 0 Å². The van der Waals surface area contributed by atoms with Gasteiger partial charge < -0.3 is 9.64 Å². The molecule has 0 aliphatic heterocycles. The van der Waals surface area contributed by atoms with E-state index >= 15 is 0 Å². The summed E-state index contributed by atoms with van der Waals surface area (Å²) in [6, 6.07) is 12.5. The van der Waals surface area contributed by atoms with E-state index in [-0.39, 0.29) is 24.1 Å². The average molecular weight is 372 g/mol. The number of benzene rings is 2. The molecule has 3 aromatic rings. The molecule has 5 nitrogen and oxygen atoms in total. The molecule has 0 radical (unpaired) electrons. The van der Waals surface area contributed by atoms with Crippen LogP contribution in [0.1, 0.15) is 28.3 Å². The topological polar surface area (TPSA) is 59.5 Å². The van der Waals surface area contributed by atoms with Crippen LogP contribution in [-0.4, -0.2) is 35.4 Å². The van der Waals surface area contributed by atoms with Gasteiger partial charge in [0, 0.05) is 7.05 Å². The summed E-state index contributed by atoms with van der Waals surface area (Å²) in [7, 11) is 1.64. The molecule has 2 aromatic carbocycles. The van der Waals surface area contributed by atoms with Crippen LogP contribution in [0.5, 0.6) is 0 Å². The van der Waals surface area contributed by atoms with Crippen molar-refractivity contribution in [2.75, 3.05) is 13.7 Å². The smallest absolute Gasteiger partial charge is 0.338 e. The van der Waals surface area contributed by atoms with E-state index < -0.39 is 11.8 Å². The first kappa shape index (κ1) is 18.0. The van der Waals surface area contributed by atoms with Crippen LogP contribution in [-0.2, 0) is 9.53 Å². The van der Waals surface area contributed by atoms with Gasteiger partial charge >= 0.3 is 5.97 Å². The molecule has 0 bridgehead atoms. The molecule has 0 saturated carbocycles. The second-order valence-electron chi connectivity index (χ2n) is 5.78. The molecule has 134 valence electrons. The van der Waals surface area contributed by atoms with Gasteiger partial charge in [0.25, 0.3) is 5.91 Å². The first-order valence-electron chi connectivity index (χ1n) is 7.99. The lowest BCUT2D eigenvalue weighted by Gasteiger charge is -2.23. The average Bonchev–Trinajstić information content (AvgIpc) is 3.09. The van der Waals surface area contributed by atoms with Crippen LogP contribution in [0.2, 0.25) is 0 Å². The number of halogens is 1. The molecule has 0 N–H and O–H groups in total. The number of hydrogen-bond donors (Lipinski definition) is 0. The SMILES string of the molecule is C[C@@H](c1nc2ccccc2s1)N(C)C(=O)COC(=O)c1ccc(F)cc1. The second-order valence-corrected chi connectivity index (χ2v) is 6.85. The molecule has 0 fully saturated rings. The number of rotatable bonds is 5. The molecule has 3 rings (SSSR count). The number of ether oxygens (including phenoxy) is 1. The van der Waals surface area contributed by atoms with E-state index in [4.69, 9.17) is 4.74 Å². The van der Waals surface area contributed by atoms with Crippen molar-refractivity contribution in [1.29, 1.82) is 0 Å². The Morgan fingerprint density at radius 3 is 2.58 bits per heavy atom. The van der Waals surface area contributed by atoms with Crippen molar-refractivity contribution in [2.24, 2.45) is 0 Å². The zero-order chi connectivity index (χ0) is 18.7. The number of carbonyl (C=O) groups is 2. The highest BCUT2D eigenvalue weighted by Crippen LogP contribution is 2.28. The summed E-state index contributed by atoms with van der Waals surface area (Å²) in [5.74, 6) is -1.45. The zero-order valence-corrected chi connectivity index (χ0v) is 15.1. The van der Waals surface area contributed by atoms with Crippen LogP contribution in [0.15, 0.2) is 48.5 Å². The minimum absolute atomic E-state index is 0.195. The van der Waals surface area contributed by atoms with E-state index in [2.05, 4.69) is 4.98 Å². The number of para-hydroxylation sites is 1. The molecule has 0 aliphatic carbocycles. The number of fused-ring (bicyclic) bond motifs is 1. The Kier molecular flexibility index (Phi) is 5.27. The lowest BCUT2D eigenvalue weighted by Crippen LogP contribution is -2.33. The Hall–Kier alpha value is -2.80. The van der Waals surface area contributed by atoms with Gasteiger partial charge in [0.1, 0.15) is 10.8 Å². The van der Waals surface area contributed by atoms with E-state index in [1.807, 2.05) is 31.2 Å². The molecule has 1 aromatic heterocycles. The van der Waals surface area contributed by atoms with Crippen LogP contribution in [0, 0.1) is 5.82 Å². The predicted octanol–water partition coefficient (Wildman–Crippen LogP) is 3.81. The summed E-state index contributed by atoms with van der Waals surface area (Å²) in [6.45, 7) is 1.49. The van der Waals surface area contributed by atoms with Crippen molar-refractivity contribution >= 4 is 33.4 Å². The lowest BCUT2D eigenvalue weighted by atomic mass is 10.2. The van der Waals surface area contributed by atoms with Gasteiger partial charge in [-0.3, -0.25) is 4.79 Å². The highest BCUT2D eigenvalue weighted by atomic mass is 32.1. The lowest BCUT2D eigenvalue weighted by molar-refractivity contribution is -0.135. The van der Waals surface area contributed by atoms with Crippen molar-refractivity contribution in [1.82, 2.24) is 9.88 Å². The largest absolute Gasteiger partial charge is 0.452 e. The fourth-order valence-corrected chi connectivity index (χ4v) is 3.41. The number of likely N-dealkylation sites (N-methyl/N-ethyl adjacent to an activating group) is 1. The maximum Gasteiger partial charge on any atom is 0.338 e. The quantitative estimate of drug-likeness (QED) is 0.639. The van der Waals surface area contributed by atoms with Gasteiger partial charge in [0.15, 0.2) is 6.61 Å². The number of carbonyl (C=O) groups excluding carboxylic acids is 2. The molecule has 0 unspecified atom stereocenters. The number of aromatic nitrogens is 1. The maximum absolute atomic E-state index is 12.9. The minimum Gasteiger partial charge on any atom is -0.452 e. The van der Waals surface area contributed by atoms with Gasteiger partial charge in [-0.2, -0.15) is 0 Å². The number of esters is 1. The van der Waals surface area contributed by atoms with E-state index in [0.717, 1.165) is 15.2 Å². The Morgan fingerprint density at radius 1 is 1.19 bits per heavy atom. The normalized spacial score (nSPS) is 12.0. The molecule has 1 atom stereocenters. The molecule has 26 heavy (non-hydrogen) atoms. The molecule has 0 aliphatic rings. The van der Waals surface area contributed by atoms with Gasteiger partial charge in [0.2, 0.25) is 0 Å². The van der Waals surface area contributed by atoms with Gasteiger partial charge in [-0.15, -0.1) is 11.3 Å².